The highest BCUT2D eigenvalue weighted by Crippen LogP contribution is 2.35. The molecule has 0 aliphatic carbocycles. The van der Waals surface area contributed by atoms with E-state index in [9.17, 15) is 4.79 Å². The average molecular weight is 608 g/mol. The van der Waals surface area contributed by atoms with Crippen LogP contribution in [0, 0.1) is 0 Å². The molecule has 9 nitrogen and oxygen atoms in total. The second-order valence-corrected chi connectivity index (χ2v) is 12.5. The molecular weight excluding hydrogens is 575 g/mol. The molecular formula is C31H32Cl2N6O3. The van der Waals surface area contributed by atoms with Crippen LogP contribution in [0.2, 0.25) is 10.0 Å². The fourth-order valence-corrected chi connectivity index (χ4v) is 6.11. The Balaban J connectivity index is 1.21. The summed E-state index contributed by atoms with van der Waals surface area (Å²) in [4.78, 5) is 26.6. The molecule has 3 aromatic heterocycles. The maximum Gasteiger partial charge on any atom is 0.410 e. The summed E-state index contributed by atoms with van der Waals surface area (Å²) in [6, 6.07) is 12.1. The summed E-state index contributed by atoms with van der Waals surface area (Å²) in [7, 11) is 0. The van der Waals surface area contributed by atoms with Gasteiger partial charge in [-0.2, -0.15) is 5.10 Å². The summed E-state index contributed by atoms with van der Waals surface area (Å²) in [6.45, 7) is 8.91. The van der Waals surface area contributed by atoms with Gasteiger partial charge in [-0.15, -0.1) is 0 Å². The number of nitrogens with zero attached hydrogens (tertiary/aromatic N) is 4. The first-order chi connectivity index (χ1) is 20.1. The number of likely N-dealkylation sites (tertiary alicyclic amines) is 1. The molecule has 11 heteroatoms. The largest absolute Gasteiger partial charge is 0.486 e. The van der Waals surface area contributed by atoms with Gasteiger partial charge in [-0.3, -0.25) is 10.1 Å². The Kier molecular flexibility index (Phi) is 7.49. The minimum atomic E-state index is -0.493. The lowest BCUT2D eigenvalue weighted by atomic mass is 9.89. The predicted molar refractivity (Wildman–Crippen MR) is 164 cm³/mol. The van der Waals surface area contributed by atoms with Crippen molar-refractivity contribution >= 4 is 51.2 Å². The third-order valence-electron chi connectivity index (χ3n) is 7.49. The van der Waals surface area contributed by atoms with Gasteiger partial charge in [-0.1, -0.05) is 29.3 Å². The van der Waals surface area contributed by atoms with Gasteiger partial charge in [-0.05, 0) is 82.3 Å². The standard InChI is InChI=1S/C31H32Cl2N6O3/c1-17(27-22(32)15-34-16-23(27)33)41-20-6-8-24-21(14-20)28(38-37-24)29-35-25-7-5-19(13-26(25)36-29)18-9-11-39(12-10-18)30(40)42-31(2,3)4/h5-8,13-18H,9-12H2,1-4H3,(H,35,36)(H,37,38). The van der Waals surface area contributed by atoms with Crippen molar-refractivity contribution in [3.8, 4) is 17.3 Å². The number of carbonyl (C=O) groups is 1. The van der Waals surface area contributed by atoms with Gasteiger partial charge in [0.1, 0.15) is 23.1 Å². The quantitative estimate of drug-likeness (QED) is 0.209. The molecule has 1 amide bonds. The summed E-state index contributed by atoms with van der Waals surface area (Å²) in [6.07, 6.45) is 4.25. The Labute approximate surface area is 253 Å². The molecule has 1 fully saturated rings. The summed E-state index contributed by atoms with van der Waals surface area (Å²) in [5.41, 5.74) is 4.78. The van der Waals surface area contributed by atoms with E-state index in [0.29, 0.717) is 51.9 Å². The van der Waals surface area contributed by atoms with E-state index < -0.39 is 5.60 Å². The van der Waals surface area contributed by atoms with E-state index in [1.807, 2.05) is 52.0 Å². The van der Waals surface area contributed by atoms with Crippen molar-refractivity contribution in [2.45, 2.75) is 58.2 Å². The van der Waals surface area contributed by atoms with Gasteiger partial charge in [0, 0.05) is 36.4 Å². The van der Waals surface area contributed by atoms with E-state index in [0.717, 1.165) is 34.8 Å². The molecule has 5 aromatic rings. The van der Waals surface area contributed by atoms with Crippen LogP contribution in [-0.4, -0.2) is 54.8 Å². The number of nitrogens with one attached hydrogen (secondary N) is 2. The van der Waals surface area contributed by atoms with Gasteiger partial charge >= 0.3 is 6.09 Å². The molecule has 0 bridgehead atoms. The number of hydrogen-bond acceptors (Lipinski definition) is 6. The lowest BCUT2D eigenvalue weighted by Gasteiger charge is -2.33. The average Bonchev–Trinajstić information content (AvgIpc) is 3.55. The maximum atomic E-state index is 12.5. The van der Waals surface area contributed by atoms with Crippen molar-refractivity contribution < 1.29 is 14.3 Å². The van der Waals surface area contributed by atoms with Crippen LogP contribution in [0.25, 0.3) is 33.5 Å². The lowest BCUT2D eigenvalue weighted by molar-refractivity contribution is 0.0205. The van der Waals surface area contributed by atoms with Crippen molar-refractivity contribution in [2.24, 2.45) is 0 Å². The van der Waals surface area contributed by atoms with Crippen LogP contribution in [0.15, 0.2) is 48.8 Å². The van der Waals surface area contributed by atoms with Gasteiger partial charge < -0.3 is 19.4 Å². The number of amides is 1. The Morgan fingerprint density at radius 3 is 2.50 bits per heavy atom. The van der Waals surface area contributed by atoms with Crippen molar-refractivity contribution in [3.05, 3.63) is 70.0 Å². The van der Waals surface area contributed by atoms with Crippen LogP contribution in [0.5, 0.6) is 5.75 Å². The molecule has 0 saturated carbocycles. The normalized spacial score (nSPS) is 15.3. The molecule has 1 aliphatic heterocycles. The minimum absolute atomic E-state index is 0.242. The predicted octanol–water partition coefficient (Wildman–Crippen LogP) is 8.06. The number of aromatic amines is 2. The van der Waals surface area contributed by atoms with Crippen LogP contribution in [0.1, 0.15) is 63.7 Å². The van der Waals surface area contributed by atoms with Crippen LogP contribution in [-0.2, 0) is 4.74 Å². The Hall–Kier alpha value is -3.82. The van der Waals surface area contributed by atoms with Crippen LogP contribution in [0.3, 0.4) is 0 Å². The highest BCUT2D eigenvalue weighted by Gasteiger charge is 2.28. The number of rotatable bonds is 5. The van der Waals surface area contributed by atoms with Crippen LogP contribution >= 0.6 is 23.2 Å². The molecule has 1 atom stereocenters. The number of hydrogen-bond donors (Lipinski definition) is 2. The van der Waals surface area contributed by atoms with Crippen molar-refractivity contribution in [3.63, 3.8) is 0 Å². The number of benzene rings is 2. The number of pyridine rings is 1. The monoisotopic (exact) mass is 606 g/mol. The number of H-pyrrole nitrogens is 2. The molecule has 4 heterocycles. The highest BCUT2D eigenvalue weighted by molar-refractivity contribution is 6.35. The first-order valence-corrected chi connectivity index (χ1v) is 14.7. The van der Waals surface area contributed by atoms with E-state index in [-0.39, 0.29) is 12.2 Å². The first kappa shape index (κ1) is 28.3. The number of piperidine rings is 1. The fourth-order valence-electron chi connectivity index (χ4n) is 5.43. The maximum absolute atomic E-state index is 12.5. The second-order valence-electron chi connectivity index (χ2n) is 11.7. The molecule has 42 heavy (non-hydrogen) atoms. The van der Waals surface area contributed by atoms with E-state index >= 15 is 0 Å². The molecule has 1 unspecified atom stereocenters. The molecule has 1 saturated heterocycles. The topological polar surface area (TPSA) is 109 Å². The van der Waals surface area contributed by atoms with E-state index in [2.05, 4.69) is 32.3 Å². The summed E-state index contributed by atoms with van der Waals surface area (Å²) in [5, 5.41) is 9.43. The Morgan fingerprint density at radius 2 is 1.79 bits per heavy atom. The Bertz CT molecular complexity index is 1750. The summed E-state index contributed by atoms with van der Waals surface area (Å²) >= 11 is 12.7. The fraction of sp³-hybridized carbons (Fsp3) is 0.355. The van der Waals surface area contributed by atoms with E-state index in [1.54, 1.807) is 17.3 Å². The summed E-state index contributed by atoms with van der Waals surface area (Å²) in [5.74, 6) is 1.67. The minimum Gasteiger partial charge on any atom is -0.486 e. The third-order valence-corrected chi connectivity index (χ3v) is 8.09. The number of carbonyl (C=O) groups excluding carboxylic acids is 1. The van der Waals surface area contributed by atoms with Gasteiger partial charge in [0.2, 0.25) is 0 Å². The zero-order valence-electron chi connectivity index (χ0n) is 23.9. The second kappa shape index (κ2) is 11.1. The molecule has 2 aromatic carbocycles. The Morgan fingerprint density at radius 1 is 1.05 bits per heavy atom. The van der Waals surface area contributed by atoms with Crippen molar-refractivity contribution in [2.75, 3.05) is 13.1 Å². The number of imidazole rings is 1. The van der Waals surface area contributed by atoms with Gasteiger partial charge in [0.05, 0.1) is 26.6 Å². The third kappa shape index (κ3) is 5.76. The molecule has 6 rings (SSSR count). The number of halogens is 2. The zero-order valence-corrected chi connectivity index (χ0v) is 25.4. The summed E-state index contributed by atoms with van der Waals surface area (Å²) < 4.78 is 11.8. The highest BCUT2D eigenvalue weighted by atomic mass is 35.5. The lowest BCUT2D eigenvalue weighted by Crippen LogP contribution is -2.41. The first-order valence-electron chi connectivity index (χ1n) is 14.0. The smallest absolute Gasteiger partial charge is 0.410 e. The number of aromatic nitrogens is 5. The van der Waals surface area contributed by atoms with Crippen LogP contribution in [0.4, 0.5) is 4.79 Å². The molecule has 0 spiro atoms. The molecule has 1 aliphatic rings. The van der Waals surface area contributed by atoms with Crippen LogP contribution < -0.4 is 4.74 Å². The van der Waals surface area contributed by atoms with Gasteiger partial charge in [0.25, 0.3) is 0 Å². The number of ether oxygens (including phenoxy) is 2. The molecule has 218 valence electrons. The van der Waals surface area contributed by atoms with E-state index in [1.165, 1.54) is 5.56 Å². The molecule has 0 radical (unpaired) electrons. The SMILES string of the molecule is CC(Oc1ccc2[nH]nc(-c3nc4ccc(C5CCN(C(=O)OC(C)(C)C)CC5)cc4[nH]3)c2c1)c1c(Cl)cncc1Cl. The van der Waals surface area contributed by atoms with Crippen molar-refractivity contribution in [1.82, 2.24) is 30.0 Å². The van der Waals surface area contributed by atoms with E-state index in [4.69, 9.17) is 37.7 Å². The van der Waals surface area contributed by atoms with Gasteiger partial charge in [0.15, 0.2) is 5.82 Å². The molecule has 2 N–H and O–H groups in total. The van der Waals surface area contributed by atoms with Crippen molar-refractivity contribution in [1.29, 1.82) is 0 Å². The zero-order chi connectivity index (χ0) is 29.6. The van der Waals surface area contributed by atoms with Gasteiger partial charge in [-0.25, -0.2) is 9.78 Å². The number of fused-ring (bicyclic) bond motifs is 2.